The Labute approximate surface area is 131 Å². The molecule has 22 heavy (non-hydrogen) atoms. The summed E-state index contributed by atoms with van der Waals surface area (Å²) in [5.74, 6) is 0.287. The monoisotopic (exact) mass is 326 g/mol. The molecule has 0 radical (unpaired) electrons. The van der Waals surface area contributed by atoms with E-state index in [-0.39, 0.29) is 16.8 Å². The summed E-state index contributed by atoms with van der Waals surface area (Å²) in [4.78, 5) is 12.2. The van der Waals surface area contributed by atoms with Gasteiger partial charge in [0.25, 0.3) is 0 Å². The van der Waals surface area contributed by atoms with Crippen LogP contribution in [0.4, 0.5) is 0 Å². The summed E-state index contributed by atoms with van der Waals surface area (Å²) < 4.78 is 31.9. The van der Waals surface area contributed by atoms with E-state index in [2.05, 4.69) is 10.0 Å². The second-order valence-corrected chi connectivity index (χ2v) is 7.22. The molecule has 0 bridgehead atoms. The number of hydrogen-bond acceptors (Lipinski definition) is 4. The van der Waals surface area contributed by atoms with Gasteiger partial charge in [0.15, 0.2) is 0 Å². The van der Waals surface area contributed by atoms with Crippen LogP contribution in [0.1, 0.15) is 32.6 Å². The first-order chi connectivity index (χ1) is 10.4. The SMILES string of the molecule is COc1ccc(S(=O)(=O)N[C@H](C)C(=O)NC2CCCC2)cc1. The molecule has 0 spiro atoms. The summed E-state index contributed by atoms with van der Waals surface area (Å²) in [5.41, 5.74) is 0. The van der Waals surface area contributed by atoms with Crippen LogP contribution in [0, 0.1) is 0 Å². The van der Waals surface area contributed by atoms with E-state index in [4.69, 9.17) is 4.74 Å². The molecule has 1 saturated carbocycles. The Balaban J connectivity index is 1.98. The fraction of sp³-hybridized carbons (Fsp3) is 0.533. The van der Waals surface area contributed by atoms with Crippen molar-refractivity contribution in [3.63, 3.8) is 0 Å². The number of carbonyl (C=O) groups excluding carboxylic acids is 1. The molecule has 1 atom stereocenters. The molecule has 0 aromatic heterocycles. The van der Waals surface area contributed by atoms with Crippen LogP contribution >= 0.6 is 0 Å². The summed E-state index contributed by atoms with van der Waals surface area (Å²) in [6.07, 6.45) is 4.14. The van der Waals surface area contributed by atoms with Crippen molar-refractivity contribution in [3.05, 3.63) is 24.3 Å². The molecular formula is C15H22N2O4S. The van der Waals surface area contributed by atoms with Gasteiger partial charge in [-0.25, -0.2) is 8.42 Å². The van der Waals surface area contributed by atoms with Crippen LogP contribution < -0.4 is 14.8 Å². The average molecular weight is 326 g/mol. The number of nitrogens with one attached hydrogen (secondary N) is 2. The molecule has 1 aliphatic rings. The van der Waals surface area contributed by atoms with E-state index < -0.39 is 16.1 Å². The largest absolute Gasteiger partial charge is 0.497 e. The lowest BCUT2D eigenvalue weighted by Crippen LogP contribution is -2.47. The number of sulfonamides is 1. The highest BCUT2D eigenvalue weighted by Gasteiger charge is 2.24. The Kier molecular flexibility index (Phi) is 5.42. The lowest BCUT2D eigenvalue weighted by atomic mass is 10.2. The second-order valence-electron chi connectivity index (χ2n) is 5.51. The maximum atomic E-state index is 12.3. The number of amides is 1. The topological polar surface area (TPSA) is 84.5 Å². The lowest BCUT2D eigenvalue weighted by molar-refractivity contribution is -0.123. The maximum absolute atomic E-state index is 12.3. The van der Waals surface area contributed by atoms with Gasteiger partial charge >= 0.3 is 0 Å². The molecule has 7 heteroatoms. The van der Waals surface area contributed by atoms with Gasteiger partial charge in [0.2, 0.25) is 15.9 Å². The molecule has 0 unspecified atom stereocenters. The Morgan fingerprint density at radius 2 is 1.82 bits per heavy atom. The van der Waals surface area contributed by atoms with Crippen molar-refractivity contribution in [2.75, 3.05) is 7.11 Å². The number of carbonyl (C=O) groups is 1. The minimum atomic E-state index is -3.73. The lowest BCUT2D eigenvalue weighted by Gasteiger charge is -2.18. The van der Waals surface area contributed by atoms with E-state index in [1.165, 1.54) is 19.2 Å². The Morgan fingerprint density at radius 3 is 2.36 bits per heavy atom. The van der Waals surface area contributed by atoms with Crippen molar-refractivity contribution in [3.8, 4) is 5.75 Å². The van der Waals surface area contributed by atoms with Gasteiger partial charge in [-0.2, -0.15) is 4.72 Å². The van der Waals surface area contributed by atoms with Crippen LogP contribution in [-0.4, -0.2) is 33.5 Å². The zero-order chi connectivity index (χ0) is 16.2. The molecule has 0 saturated heterocycles. The van der Waals surface area contributed by atoms with Gasteiger partial charge in [0.05, 0.1) is 18.0 Å². The summed E-state index contributed by atoms with van der Waals surface area (Å²) in [6.45, 7) is 1.55. The highest BCUT2D eigenvalue weighted by molar-refractivity contribution is 7.89. The molecule has 2 N–H and O–H groups in total. The van der Waals surface area contributed by atoms with Gasteiger partial charge in [-0.15, -0.1) is 0 Å². The summed E-state index contributed by atoms with van der Waals surface area (Å²) in [7, 11) is -2.22. The van der Waals surface area contributed by atoms with Gasteiger partial charge in [-0.3, -0.25) is 4.79 Å². The van der Waals surface area contributed by atoms with Gasteiger partial charge in [0, 0.05) is 6.04 Å². The smallest absolute Gasteiger partial charge is 0.241 e. The fourth-order valence-electron chi connectivity index (χ4n) is 2.51. The Morgan fingerprint density at radius 1 is 1.23 bits per heavy atom. The van der Waals surface area contributed by atoms with Crippen molar-refractivity contribution in [2.45, 2.75) is 49.6 Å². The zero-order valence-electron chi connectivity index (χ0n) is 12.8. The number of rotatable bonds is 6. The molecule has 1 amide bonds. The average Bonchev–Trinajstić information content (AvgIpc) is 2.99. The van der Waals surface area contributed by atoms with Crippen LogP contribution in [0.5, 0.6) is 5.75 Å². The molecule has 0 heterocycles. The number of methoxy groups -OCH3 is 1. The molecule has 2 rings (SSSR count). The third-order valence-corrected chi connectivity index (χ3v) is 5.35. The van der Waals surface area contributed by atoms with E-state index in [0.29, 0.717) is 5.75 Å². The van der Waals surface area contributed by atoms with Crippen molar-refractivity contribution in [2.24, 2.45) is 0 Å². The predicted octanol–water partition coefficient (Wildman–Crippen LogP) is 1.42. The van der Waals surface area contributed by atoms with Crippen LogP contribution in [-0.2, 0) is 14.8 Å². The van der Waals surface area contributed by atoms with Gasteiger partial charge in [0.1, 0.15) is 5.75 Å². The first-order valence-corrected chi connectivity index (χ1v) is 8.87. The summed E-state index contributed by atoms with van der Waals surface area (Å²) in [5, 5.41) is 2.89. The van der Waals surface area contributed by atoms with E-state index in [0.717, 1.165) is 25.7 Å². The fourth-order valence-corrected chi connectivity index (χ4v) is 3.71. The molecule has 0 aliphatic heterocycles. The zero-order valence-corrected chi connectivity index (χ0v) is 13.7. The van der Waals surface area contributed by atoms with Crippen LogP contribution in [0.3, 0.4) is 0 Å². The van der Waals surface area contributed by atoms with Gasteiger partial charge in [-0.1, -0.05) is 12.8 Å². The van der Waals surface area contributed by atoms with Crippen molar-refractivity contribution >= 4 is 15.9 Å². The Bertz CT molecular complexity index is 607. The number of hydrogen-bond donors (Lipinski definition) is 2. The van der Waals surface area contributed by atoms with Crippen molar-refractivity contribution in [1.82, 2.24) is 10.0 Å². The first kappa shape index (κ1) is 16.8. The van der Waals surface area contributed by atoms with E-state index >= 15 is 0 Å². The standard InChI is InChI=1S/C15H22N2O4S/c1-11(15(18)16-12-5-3-4-6-12)17-22(19,20)14-9-7-13(21-2)8-10-14/h7-12,17H,3-6H2,1-2H3,(H,16,18)/t11-/m1/s1. The van der Waals surface area contributed by atoms with Crippen LogP contribution in [0.15, 0.2) is 29.2 Å². The minimum Gasteiger partial charge on any atom is -0.497 e. The van der Waals surface area contributed by atoms with Gasteiger partial charge < -0.3 is 10.1 Å². The summed E-state index contributed by atoms with van der Waals surface area (Å²) in [6, 6.07) is 5.38. The highest BCUT2D eigenvalue weighted by Crippen LogP contribution is 2.18. The molecule has 1 aliphatic carbocycles. The number of ether oxygens (including phenoxy) is 1. The predicted molar refractivity (Wildman–Crippen MR) is 83.2 cm³/mol. The second kappa shape index (κ2) is 7.11. The molecule has 1 aromatic carbocycles. The Hall–Kier alpha value is -1.60. The van der Waals surface area contributed by atoms with E-state index in [1.54, 1.807) is 19.1 Å². The number of benzene rings is 1. The van der Waals surface area contributed by atoms with E-state index in [1.807, 2.05) is 0 Å². The quantitative estimate of drug-likeness (QED) is 0.828. The molecule has 122 valence electrons. The van der Waals surface area contributed by atoms with Crippen LogP contribution in [0.2, 0.25) is 0 Å². The third kappa shape index (κ3) is 4.20. The van der Waals surface area contributed by atoms with Crippen molar-refractivity contribution in [1.29, 1.82) is 0 Å². The van der Waals surface area contributed by atoms with Crippen LogP contribution in [0.25, 0.3) is 0 Å². The normalized spacial score (nSPS) is 17.2. The highest BCUT2D eigenvalue weighted by atomic mass is 32.2. The minimum absolute atomic E-state index is 0.105. The van der Waals surface area contributed by atoms with Gasteiger partial charge in [-0.05, 0) is 44.0 Å². The molecule has 1 aromatic rings. The van der Waals surface area contributed by atoms with Crippen molar-refractivity contribution < 1.29 is 17.9 Å². The molecule has 1 fully saturated rings. The van der Waals surface area contributed by atoms with E-state index in [9.17, 15) is 13.2 Å². The molecular weight excluding hydrogens is 304 g/mol. The molecule has 6 nitrogen and oxygen atoms in total. The first-order valence-electron chi connectivity index (χ1n) is 7.39. The third-order valence-electron chi connectivity index (χ3n) is 3.80. The maximum Gasteiger partial charge on any atom is 0.241 e. The summed E-state index contributed by atoms with van der Waals surface area (Å²) >= 11 is 0.